The first-order valence-corrected chi connectivity index (χ1v) is 8.02. The molecular weight excluding hydrogens is 326 g/mol. The maximum atomic E-state index is 11.8. The van der Waals surface area contributed by atoms with Gasteiger partial charge in [-0.1, -0.05) is 11.6 Å². The van der Waals surface area contributed by atoms with Gasteiger partial charge in [0.25, 0.3) is 5.91 Å². The third-order valence-corrected chi connectivity index (χ3v) is 3.48. The molecule has 0 unspecified atom stereocenters. The molecule has 2 aromatic rings. The Morgan fingerprint density at radius 2 is 1.79 bits per heavy atom. The van der Waals surface area contributed by atoms with E-state index in [2.05, 4.69) is 15.8 Å². The summed E-state index contributed by atoms with van der Waals surface area (Å²) in [6.07, 6.45) is 0. The zero-order valence-electron chi connectivity index (χ0n) is 13.7. The molecule has 0 aromatic heterocycles. The fraction of sp³-hybridized carbons (Fsp3) is 0.222. The first-order chi connectivity index (χ1) is 11.6. The third kappa shape index (κ3) is 5.59. The number of halogens is 1. The highest BCUT2D eigenvalue weighted by Gasteiger charge is 2.02. The standard InChI is InChI=1S/C18H20ClN3O2/c1-3-24-17-10-4-14(5-11-17)13(2)21-22-18(23)12-20-16-8-6-15(19)7-9-16/h4-11,20H,3,12H2,1-2H3,(H,22,23)/b21-13-. The van der Waals surface area contributed by atoms with Gasteiger partial charge >= 0.3 is 0 Å². The van der Waals surface area contributed by atoms with Crippen molar-refractivity contribution in [1.82, 2.24) is 5.43 Å². The van der Waals surface area contributed by atoms with E-state index < -0.39 is 0 Å². The number of nitrogens with one attached hydrogen (secondary N) is 2. The molecule has 1 amide bonds. The van der Waals surface area contributed by atoms with Gasteiger partial charge in [0.15, 0.2) is 0 Å². The number of anilines is 1. The van der Waals surface area contributed by atoms with E-state index in [0.29, 0.717) is 11.6 Å². The Morgan fingerprint density at radius 3 is 2.42 bits per heavy atom. The van der Waals surface area contributed by atoms with E-state index in [1.165, 1.54) is 0 Å². The minimum atomic E-state index is -0.227. The van der Waals surface area contributed by atoms with Crippen molar-refractivity contribution in [3.05, 3.63) is 59.1 Å². The Bertz CT molecular complexity index is 697. The molecule has 0 heterocycles. The summed E-state index contributed by atoms with van der Waals surface area (Å²) in [5, 5.41) is 7.77. The second-order valence-corrected chi connectivity index (χ2v) is 5.49. The number of ether oxygens (including phenoxy) is 1. The van der Waals surface area contributed by atoms with Gasteiger partial charge in [-0.05, 0) is 67.9 Å². The fourth-order valence-corrected chi connectivity index (χ4v) is 2.09. The van der Waals surface area contributed by atoms with Crippen molar-refractivity contribution >= 4 is 28.9 Å². The van der Waals surface area contributed by atoms with Crippen molar-refractivity contribution in [2.24, 2.45) is 5.10 Å². The van der Waals surface area contributed by atoms with Crippen LogP contribution < -0.4 is 15.5 Å². The summed E-state index contributed by atoms with van der Waals surface area (Å²) >= 11 is 5.81. The Hall–Kier alpha value is -2.53. The van der Waals surface area contributed by atoms with E-state index in [1.807, 2.05) is 50.2 Å². The molecule has 6 heteroatoms. The van der Waals surface area contributed by atoms with Crippen LogP contribution in [0.25, 0.3) is 0 Å². The predicted molar refractivity (Wildman–Crippen MR) is 97.9 cm³/mol. The minimum absolute atomic E-state index is 0.127. The molecule has 0 atom stereocenters. The Balaban J connectivity index is 1.84. The third-order valence-electron chi connectivity index (χ3n) is 3.23. The summed E-state index contributed by atoms with van der Waals surface area (Å²) in [7, 11) is 0. The number of hydrogen-bond donors (Lipinski definition) is 2. The van der Waals surface area contributed by atoms with Crippen LogP contribution in [-0.4, -0.2) is 24.8 Å². The monoisotopic (exact) mass is 345 g/mol. The molecule has 0 aliphatic heterocycles. The van der Waals surface area contributed by atoms with Crippen LogP contribution in [0, 0.1) is 0 Å². The molecule has 0 saturated carbocycles. The summed E-state index contributed by atoms with van der Waals surface area (Å²) in [5.74, 6) is 0.584. The molecule has 126 valence electrons. The second-order valence-electron chi connectivity index (χ2n) is 5.05. The van der Waals surface area contributed by atoms with Crippen molar-refractivity contribution in [3.63, 3.8) is 0 Å². The van der Waals surface area contributed by atoms with Crippen molar-refractivity contribution in [2.45, 2.75) is 13.8 Å². The first kappa shape index (κ1) is 17.8. The van der Waals surface area contributed by atoms with Crippen molar-refractivity contribution in [1.29, 1.82) is 0 Å². The molecule has 0 radical (unpaired) electrons. The molecular formula is C18H20ClN3O2. The van der Waals surface area contributed by atoms with E-state index in [9.17, 15) is 4.79 Å². The van der Waals surface area contributed by atoms with Gasteiger partial charge in [0, 0.05) is 10.7 Å². The predicted octanol–water partition coefficient (Wildman–Crippen LogP) is 3.69. The van der Waals surface area contributed by atoms with E-state index in [1.54, 1.807) is 12.1 Å². The molecule has 0 aliphatic carbocycles. The Labute approximate surface area is 146 Å². The molecule has 0 spiro atoms. The first-order valence-electron chi connectivity index (χ1n) is 7.64. The molecule has 0 saturated heterocycles. The number of carbonyl (C=O) groups excluding carboxylic acids is 1. The summed E-state index contributed by atoms with van der Waals surface area (Å²) in [5.41, 5.74) is 4.99. The summed E-state index contributed by atoms with van der Waals surface area (Å²) < 4.78 is 5.39. The highest BCUT2D eigenvalue weighted by Crippen LogP contribution is 2.13. The summed E-state index contributed by atoms with van der Waals surface area (Å²) in [4.78, 5) is 11.8. The normalized spacial score (nSPS) is 11.0. The molecule has 24 heavy (non-hydrogen) atoms. The largest absolute Gasteiger partial charge is 0.494 e. The number of nitrogens with zero attached hydrogens (tertiary/aromatic N) is 1. The van der Waals surface area contributed by atoms with Gasteiger partial charge in [0.2, 0.25) is 0 Å². The van der Waals surface area contributed by atoms with E-state index >= 15 is 0 Å². The number of rotatable bonds is 7. The summed E-state index contributed by atoms with van der Waals surface area (Å²) in [6, 6.07) is 14.7. The number of hydrazone groups is 1. The lowest BCUT2D eigenvalue weighted by Gasteiger charge is -2.07. The average molecular weight is 346 g/mol. The van der Waals surface area contributed by atoms with Crippen LogP contribution >= 0.6 is 11.6 Å². The SMILES string of the molecule is CCOc1ccc(/C(C)=N\NC(=O)CNc2ccc(Cl)cc2)cc1. The van der Waals surface area contributed by atoms with Crippen LogP contribution in [0.2, 0.25) is 5.02 Å². The van der Waals surface area contributed by atoms with Gasteiger partial charge in [0.05, 0.1) is 18.9 Å². The molecule has 2 N–H and O–H groups in total. The van der Waals surface area contributed by atoms with Crippen LogP contribution in [0.4, 0.5) is 5.69 Å². The number of benzene rings is 2. The van der Waals surface area contributed by atoms with Crippen molar-refractivity contribution in [3.8, 4) is 5.75 Å². The van der Waals surface area contributed by atoms with Gasteiger partial charge in [-0.3, -0.25) is 4.79 Å². The number of amides is 1. The molecule has 5 nitrogen and oxygen atoms in total. The fourth-order valence-electron chi connectivity index (χ4n) is 1.96. The van der Waals surface area contributed by atoms with Crippen molar-refractivity contribution in [2.75, 3.05) is 18.5 Å². The molecule has 0 aliphatic rings. The lowest BCUT2D eigenvalue weighted by Crippen LogP contribution is -2.26. The van der Waals surface area contributed by atoms with Gasteiger partial charge in [0.1, 0.15) is 5.75 Å². The van der Waals surface area contributed by atoms with Gasteiger partial charge in [-0.15, -0.1) is 0 Å². The lowest BCUT2D eigenvalue weighted by atomic mass is 10.1. The van der Waals surface area contributed by atoms with Gasteiger partial charge in [-0.25, -0.2) is 5.43 Å². The maximum absolute atomic E-state index is 11.8. The highest BCUT2D eigenvalue weighted by atomic mass is 35.5. The zero-order chi connectivity index (χ0) is 17.4. The van der Waals surface area contributed by atoms with Crippen LogP contribution in [-0.2, 0) is 4.79 Å². The van der Waals surface area contributed by atoms with E-state index in [0.717, 1.165) is 22.7 Å². The minimum Gasteiger partial charge on any atom is -0.494 e. The molecule has 2 aromatic carbocycles. The summed E-state index contributed by atoms with van der Waals surface area (Å²) in [6.45, 7) is 4.53. The van der Waals surface area contributed by atoms with Crippen LogP contribution in [0.5, 0.6) is 5.75 Å². The number of carbonyl (C=O) groups is 1. The second kappa shape index (κ2) is 8.93. The lowest BCUT2D eigenvalue weighted by molar-refractivity contribution is -0.119. The van der Waals surface area contributed by atoms with Gasteiger partial charge in [-0.2, -0.15) is 5.10 Å². The van der Waals surface area contributed by atoms with Crippen LogP contribution in [0.3, 0.4) is 0 Å². The van der Waals surface area contributed by atoms with Crippen LogP contribution in [0.15, 0.2) is 53.6 Å². The molecule has 0 bridgehead atoms. The van der Waals surface area contributed by atoms with E-state index in [-0.39, 0.29) is 12.5 Å². The van der Waals surface area contributed by atoms with Gasteiger partial charge < -0.3 is 10.1 Å². The molecule has 2 rings (SSSR count). The average Bonchev–Trinajstić information content (AvgIpc) is 2.60. The van der Waals surface area contributed by atoms with Crippen LogP contribution in [0.1, 0.15) is 19.4 Å². The molecule has 0 fully saturated rings. The van der Waals surface area contributed by atoms with E-state index in [4.69, 9.17) is 16.3 Å². The topological polar surface area (TPSA) is 62.7 Å². The Morgan fingerprint density at radius 1 is 1.12 bits per heavy atom. The smallest absolute Gasteiger partial charge is 0.259 e. The quantitative estimate of drug-likeness (QED) is 0.594. The Kier molecular flexibility index (Phi) is 6.63. The number of hydrogen-bond acceptors (Lipinski definition) is 4. The highest BCUT2D eigenvalue weighted by molar-refractivity contribution is 6.30. The maximum Gasteiger partial charge on any atom is 0.259 e. The van der Waals surface area contributed by atoms with Crippen molar-refractivity contribution < 1.29 is 9.53 Å². The zero-order valence-corrected chi connectivity index (χ0v) is 14.4.